The smallest absolute Gasteiger partial charge is 0.311 e. The fraction of sp³-hybridized carbons (Fsp3) is 0.400. The van der Waals surface area contributed by atoms with Crippen LogP contribution >= 0.6 is 0 Å². The van der Waals surface area contributed by atoms with Crippen LogP contribution in [0.25, 0.3) is 0 Å². The van der Waals surface area contributed by atoms with Crippen molar-refractivity contribution in [3.8, 4) is 5.75 Å². The number of ether oxygens (including phenoxy) is 1. The van der Waals surface area contributed by atoms with Crippen molar-refractivity contribution >= 4 is 5.69 Å². The largest absolute Gasteiger partial charge is 0.490 e. The molecule has 0 aliphatic carbocycles. The van der Waals surface area contributed by atoms with E-state index in [0.717, 1.165) is 6.07 Å². The lowest BCUT2D eigenvalue weighted by Gasteiger charge is -2.21. The highest BCUT2D eigenvalue weighted by Crippen LogP contribution is 2.34. The average Bonchev–Trinajstić information content (AvgIpc) is 2.36. The molecule has 6 nitrogen and oxygen atoms in total. The lowest BCUT2D eigenvalue weighted by Crippen LogP contribution is -2.36. The standard InChI is InChI=1S/C10H12F2N2O4/c1-18-8-3-2-6(4-7(8)14(16)17)9(13)10(11,12)5-15/h2-4,9,15H,5,13H2,1H3/t9-/m1/s1. The molecule has 0 aliphatic heterocycles. The third-order valence-electron chi connectivity index (χ3n) is 2.42. The van der Waals surface area contributed by atoms with E-state index in [0.29, 0.717) is 0 Å². The number of benzene rings is 1. The van der Waals surface area contributed by atoms with Gasteiger partial charge in [0.25, 0.3) is 5.92 Å². The van der Waals surface area contributed by atoms with Crippen LogP contribution in [0.5, 0.6) is 5.75 Å². The van der Waals surface area contributed by atoms with Gasteiger partial charge in [-0.1, -0.05) is 6.07 Å². The molecule has 0 amide bonds. The van der Waals surface area contributed by atoms with Crippen LogP contribution in [0.4, 0.5) is 14.5 Å². The van der Waals surface area contributed by atoms with Gasteiger partial charge in [0.05, 0.1) is 18.1 Å². The zero-order valence-electron chi connectivity index (χ0n) is 9.47. The molecule has 0 aliphatic rings. The van der Waals surface area contributed by atoms with Crippen molar-refractivity contribution in [2.24, 2.45) is 5.73 Å². The number of nitro groups is 1. The lowest BCUT2D eigenvalue weighted by atomic mass is 10.0. The maximum Gasteiger partial charge on any atom is 0.311 e. The molecule has 3 N–H and O–H groups in total. The molecule has 0 saturated carbocycles. The van der Waals surface area contributed by atoms with E-state index in [1.807, 2.05) is 0 Å². The van der Waals surface area contributed by atoms with Crippen LogP contribution in [0.1, 0.15) is 11.6 Å². The van der Waals surface area contributed by atoms with Crippen molar-refractivity contribution in [1.82, 2.24) is 0 Å². The van der Waals surface area contributed by atoms with Gasteiger partial charge in [-0.3, -0.25) is 10.1 Å². The fourth-order valence-electron chi connectivity index (χ4n) is 1.39. The van der Waals surface area contributed by atoms with Gasteiger partial charge in [-0.15, -0.1) is 0 Å². The second kappa shape index (κ2) is 5.23. The van der Waals surface area contributed by atoms with E-state index < -0.39 is 29.2 Å². The molecule has 8 heteroatoms. The normalized spacial score (nSPS) is 13.2. The van der Waals surface area contributed by atoms with Gasteiger partial charge in [-0.2, -0.15) is 0 Å². The minimum Gasteiger partial charge on any atom is -0.490 e. The minimum atomic E-state index is -3.55. The second-order valence-corrected chi connectivity index (χ2v) is 3.59. The summed E-state index contributed by atoms with van der Waals surface area (Å²) in [6, 6.07) is 1.46. The number of halogens is 2. The maximum absolute atomic E-state index is 13.2. The third-order valence-corrected chi connectivity index (χ3v) is 2.42. The van der Waals surface area contributed by atoms with Crippen LogP contribution in [-0.4, -0.2) is 29.7 Å². The minimum absolute atomic E-state index is 0.0525. The Morgan fingerprint density at radius 2 is 2.22 bits per heavy atom. The van der Waals surface area contributed by atoms with E-state index >= 15 is 0 Å². The van der Waals surface area contributed by atoms with Gasteiger partial charge in [0.2, 0.25) is 0 Å². The summed E-state index contributed by atoms with van der Waals surface area (Å²) in [5.41, 5.74) is 4.66. The van der Waals surface area contributed by atoms with Crippen molar-refractivity contribution in [3.05, 3.63) is 33.9 Å². The number of nitro benzene ring substituents is 1. The van der Waals surface area contributed by atoms with Crippen LogP contribution < -0.4 is 10.5 Å². The highest BCUT2D eigenvalue weighted by Gasteiger charge is 2.38. The van der Waals surface area contributed by atoms with Crippen molar-refractivity contribution in [3.63, 3.8) is 0 Å². The SMILES string of the molecule is COc1ccc([C@@H](N)C(F)(F)CO)cc1[N+](=O)[O-]. The van der Waals surface area contributed by atoms with Crippen LogP contribution in [0.2, 0.25) is 0 Å². The van der Waals surface area contributed by atoms with Gasteiger partial charge in [0.1, 0.15) is 6.61 Å². The molecule has 18 heavy (non-hydrogen) atoms. The number of hydrogen-bond donors (Lipinski definition) is 2. The van der Waals surface area contributed by atoms with E-state index in [1.54, 1.807) is 0 Å². The molecule has 0 saturated heterocycles. The number of hydrogen-bond acceptors (Lipinski definition) is 5. The second-order valence-electron chi connectivity index (χ2n) is 3.59. The molecule has 0 fully saturated rings. The maximum atomic E-state index is 13.2. The zero-order chi connectivity index (χ0) is 13.9. The molecule has 100 valence electrons. The summed E-state index contributed by atoms with van der Waals surface area (Å²) in [7, 11) is 1.23. The molecule has 0 heterocycles. The summed E-state index contributed by atoms with van der Waals surface area (Å²) in [4.78, 5) is 9.96. The van der Waals surface area contributed by atoms with E-state index in [-0.39, 0.29) is 11.3 Å². The number of rotatable bonds is 5. The van der Waals surface area contributed by atoms with Crippen LogP contribution in [0, 0.1) is 10.1 Å². The molecular weight excluding hydrogens is 250 g/mol. The Hall–Kier alpha value is -1.80. The summed E-state index contributed by atoms with van der Waals surface area (Å²) < 4.78 is 31.1. The quantitative estimate of drug-likeness (QED) is 0.614. The molecule has 0 radical (unpaired) electrons. The Labute approximate surface area is 101 Å². The van der Waals surface area contributed by atoms with Gasteiger partial charge >= 0.3 is 5.69 Å². The number of alkyl halides is 2. The number of methoxy groups -OCH3 is 1. The van der Waals surface area contributed by atoms with Gasteiger partial charge in [-0.25, -0.2) is 8.78 Å². The monoisotopic (exact) mass is 262 g/mol. The van der Waals surface area contributed by atoms with Gasteiger partial charge < -0.3 is 15.6 Å². The van der Waals surface area contributed by atoms with Crippen LogP contribution in [-0.2, 0) is 0 Å². The summed E-state index contributed by atoms with van der Waals surface area (Å²) in [6.07, 6.45) is 0. The van der Waals surface area contributed by atoms with E-state index in [2.05, 4.69) is 0 Å². The highest BCUT2D eigenvalue weighted by atomic mass is 19.3. The fourth-order valence-corrected chi connectivity index (χ4v) is 1.39. The molecule has 0 bridgehead atoms. The topological polar surface area (TPSA) is 98.6 Å². The Morgan fingerprint density at radius 1 is 1.61 bits per heavy atom. The van der Waals surface area contributed by atoms with E-state index in [1.165, 1.54) is 19.2 Å². The Bertz CT molecular complexity index is 454. The molecule has 0 spiro atoms. The average molecular weight is 262 g/mol. The molecule has 1 aromatic carbocycles. The van der Waals surface area contributed by atoms with Crippen molar-refractivity contribution in [2.45, 2.75) is 12.0 Å². The van der Waals surface area contributed by atoms with Crippen molar-refractivity contribution < 1.29 is 23.5 Å². The summed E-state index contributed by atoms with van der Waals surface area (Å²) in [5.74, 6) is -3.61. The van der Waals surface area contributed by atoms with Crippen LogP contribution in [0.3, 0.4) is 0 Å². The van der Waals surface area contributed by atoms with Crippen molar-refractivity contribution in [1.29, 1.82) is 0 Å². The number of aliphatic hydroxyl groups is 1. The first-order valence-electron chi connectivity index (χ1n) is 4.90. The van der Waals surface area contributed by atoms with Gasteiger partial charge in [0.15, 0.2) is 5.75 Å². The molecular formula is C10H12F2N2O4. The third kappa shape index (κ3) is 2.71. The molecule has 1 aromatic rings. The predicted octanol–water partition coefficient (Wildman–Crippen LogP) is 1.23. The van der Waals surface area contributed by atoms with Crippen LogP contribution in [0.15, 0.2) is 18.2 Å². The first kappa shape index (κ1) is 14.3. The lowest BCUT2D eigenvalue weighted by molar-refractivity contribution is -0.385. The van der Waals surface area contributed by atoms with E-state index in [9.17, 15) is 18.9 Å². The zero-order valence-corrected chi connectivity index (χ0v) is 9.47. The van der Waals surface area contributed by atoms with E-state index in [4.69, 9.17) is 15.6 Å². The number of nitrogens with zero attached hydrogens (tertiary/aromatic N) is 1. The first-order chi connectivity index (χ1) is 8.33. The van der Waals surface area contributed by atoms with Gasteiger partial charge in [0, 0.05) is 6.07 Å². The van der Waals surface area contributed by atoms with Crippen molar-refractivity contribution in [2.75, 3.05) is 13.7 Å². The first-order valence-corrected chi connectivity index (χ1v) is 4.90. The molecule has 0 aromatic heterocycles. The number of nitrogens with two attached hydrogens (primary N) is 1. The Morgan fingerprint density at radius 3 is 2.67 bits per heavy atom. The molecule has 1 atom stereocenters. The molecule has 0 unspecified atom stereocenters. The highest BCUT2D eigenvalue weighted by molar-refractivity contribution is 5.49. The predicted molar refractivity (Wildman–Crippen MR) is 58.6 cm³/mol. The molecule has 1 rings (SSSR count). The Balaban J connectivity index is 3.20. The van der Waals surface area contributed by atoms with Gasteiger partial charge in [-0.05, 0) is 11.6 Å². The summed E-state index contributed by atoms with van der Waals surface area (Å²) in [5, 5.41) is 19.2. The summed E-state index contributed by atoms with van der Waals surface area (Å²) >= 11 is 0. The number of aliphatic hydroxyl groups excluding tert-OH is 1. The Kier molecular flexibility index (Phi) is 4.15. The summed E-state index contributed by atoms with van der Waals surface area (Å²) in [6.45, 7) is -1.44.